The van der Waals surface area contributed by atoms with E-state index in [-0.39, 0.29) is 0 Å². The van der Waals surface area contributed by atoms with E-state index in [0.29, 0.717) is 0 Å². The van der Waals surface area contributed by atoms with Gasteiger partial charge in [-0.25, -0.2) is 9.97 Å². The van der Waals surface area contributed by atoms with Crippen LogP contribution in [0.15, 0.2) is 24.8 Å². The average molecular weight is 119 g/mol. The summed E-state index contributed by atoms with van der Waals surface area (Å²) in [6.07, 6.45) is 7.31. The Morgan fingerprint density at radius 2 is 2.11 bits per heavy atom. The van der Waals surface area contributed by atoms with Crippen LogP contribution in [-0.4, -0.2) is 9.97 Å². The van der Waals surface area contributed by atoms with Gasteiger partial charge in [-0.3, -0.25) is 0 Å². The molecule has 0 aliphatic carbocycles. The van der Waals surface area contributed by atoms with Crippen molar-refractivity contribution in [2.45, 2.75) is 6.42 Å². The van der Waals surface area contributed by atoms with Crippen molar-refractivity contribution in [2.24, 2.45) is 0 Å². The van der Waals surface area contributed by atoms with Crippen molar-refractivity contribution in [3.8, 4) is 0 Å². The summed E-state index contributed by atoms with van der Waals surface area (Å²) in [7, 11) is 0. The molecule has 0 spiro atoms. The van der Waals surface area contributed by atoms with Gasteiger partial charge in [-0.15, -0.1) is 0 Å². The van der Waals surface area contributed by atoms with Crippen LogP contribution in [-0.2, 0) is 6.42 Å². The van der Waals surface area contributed by atoms with E-state index in [1.165, 1.54) is 6.33 Å². The van der Waals surface area contributed by atoms with E-state index in [4.69, 9.17) is 6.58 Å². The Hall–Kier alpha value is -1.18. The van der Waals surface area contributed by atoms with Crippen LogP contribution >= 0.6 is 0 Å². The first-order chi connectivity index (χ1) is 4.43. The standard InChI is InChI=1S/C7H7N2/c1-2-3-7-4-8-6-9-5-7/h1-2,4-6H,3H2. The second-order valence-corrected chi connectivity index (χ2v) is 1.69. The molecule has 9 heavy (non-hydrogen) atoms. The van der Waals surface area contributed by atoms with Crippen LogP contribution < -0.4 is 0 Å². The molecule has 0 saturated heterocycles. The Labute approximate surface area is 54.3 Å². The second-order valence-electron chi connectivity index (χ2n) is 1.69. The van der Waals surface area contributed by atoms with Crippen molar-refractivity contribution in [3.05, 3.63) is 36.9 Å². The number of hydrogen-bond donors (Lipinski definition) is 0. The van der Waals surface area contributed by atoms with Gasteiger partial charge < -0.3 is 0 Å². The summed E-state index contributed by atoms with van der Waals surface area (Å²) in [4.78, 5) is 7.63. The molecule has 0 atom stereocenters. The summed E-state index contributed by atoms with van der Waals surface area (Å²) in [5.41, 5.74) is 1.04. The van der Waals surface area contributed by atoms with Gasteiger partial charge in [0.25, 0.3) is 0 Å². The topological polar surface area (TPSA) is 25.8 Å². The molecule has 0 aliphatic heterocycles. The quantitative estimate of drug-likeness (QED) is 0.580. The predicted octanol–water partition coefficient (Wildman–Crippen LogP) is 1.01. The highest BCUT2D eigenvalue weighted by Gasteiger charge is 1.84. The van der Waals surface area contributed by atoms with E-state index < -0.39 is 0 Å². The summed E-state index contributed by atoms with van der Waals surface area (Å²) in [6, 6.07) is 0. The molecule has 1 rings (SSSR count). The first kappa shape index (κ1) is 5.95. The summed E-state index contributed by atoms with van der Waals surface area (Å²) >= 11 is 0. The van der Waals surface area contributed by atoms with Gasteiger partial charge in [0.15, 0.2) is 0 Å². The number of allylic oxidation sites excluding steroid dienone is 1. The molecule has 45 valence electrons. The summed E-state index contributed by atoms with van der Waals surface area (Å²) in [6.45, 7) is 5.18. The Morgan fingerprint density at radius 3 is 2.67 bits per heavy atom. The lowest BCUT2D eigenvalue weighted by Gasteiger charge is -1.89. The Balaban J connectivity index is 2.72. The van der Waals surface area contributed by atoms with E-state index >= 15 is 0 Å². The maximum absolute atomic E-state index is 5.18. The molecular weight excluding hydrogens is 112 g/mol. The first-order valence-electron chi connectivity index (χ1n) is 2.71. The SMILES string of the molecule is [CH]=CCc1cncnc1. The molecule has 2 heteroatoms. The lowest BCUT2D eigenvalue weighted by atomic mass is 10.2. The molecule has 0 aromatic carbocycles. The second kappa shape index (κ2) is 2.97. The molecular formula is C7H7N2. The molecule has 0 fully saturated rings. The molecule has 0 aliphatic rings. The largest absolute Gasteiger partial charge is 0.245 e. The van der Waals surface area contributed by atoms with Crippen molar-refractivity contribution >= 4 is 0 Å². The Morgan fingerprint density at radius 1 is 1.44 bits per heavy atom. The number of rotatable bonds is 2. The normalized spacial score (nSPS) is 8.89. The van der Waals surface area contributed by atoms with Gasteiger partial charge in [-0.05, 0) is 12.0 Å². The van der Waals surface area contributed by atoms with Gasteiger partial charge >= 0.3 is 0 Å². The molecule has 1 radical (unpaired) electrons. The van der Waals surface area contributed by atoms with Gasteiger partial charge in [0.1, 0.15) is 6.33 Å². The maximum Gasteiger partial charge on any atom is 0.115 e. The predicted molar refractivity (Wildman–Crippen MR) is 34.6 cm³/mol. The molecule has 0 saturated carbocycles. The number of aromatic nitrogens is 2. The molecule has 0 amide bonds. The molecule has 2 nitrogen and oxygen atoms in total. The van der Waals surface area contributed by atoms with Crippen molar-refractivity contribution in [1.82, 2.24) is 9.97 Å². The molecule has 1 aromatic rings. The molecule has 1 heterocycles. The molecule has 0 N–H and O–H groups in total. The van der Waals surface area contributed by atoms with Crippen molar-refractivity contribution < 1.29 is 0 Å². The highest BCUT2D eigenvalue weighted by atomic mass is 14.8. The zero-order chi connectivity index (χ0) is 6.53. The van der Waals surface area contributed by atoms with E-state index in [1.807, 2.05) is 0 Å². The third-order valence-corrected chi connectivity index (χ3v) is 0.968. The minimum absolute atomic E-state index is 0.737. The summed E-state index contributed by atoms with van der Waals surface area (Å²) < 4.78 is 0. The van der Waals surface area contributed by atoms with Gasteiger partial charge in [0, 0.05) is 12.4 Å². The maximum atomic E-state index is 5.18. The van der Waals surface area contributed by atoms with Crippen LogP contribution in [0.25, 0.3) is 0 Å². The van der Waals surface area contributed by atoms with Gasteiger partial charge in [-0.1, -0.05) is 12.7 Å². The summed E-state index contributed by atoms with van der Waals surface area (Å²) in [5, 5.41) is 0. The fourth-order valence-corrected chi connectivity index (χ4v) is 0.571. The van der Waals surface area contributed by atoms with Gasteiger partial charge in [-0.2, -0.15) is 0 Å². The molecule has 0 unspecified atom stereocenters. The van der Waals surface area contributed by atoms with E-state index in [0.717, 1.165) is 12.0 Å². The average Bonchev–Trinajstić information content (AvgIpc) is 1.91. The lowest BCUT2D eigenvalue weighted by molar-refractivity contribution is 1.09. The van der Waals surface area contributed by atoms with Crippen LogP contribution in [0, 0.1) is 6.58 Å². The monoisotopic (exact) mass is 119 g/mol. The number of nitrogens with zero attached hydrogens (tertiary/aromatic N) is 2. The zero-order valence-electron chi connectivity index (χ0n) is 4.99. The third kappa shape index (κ3) is 1.64. The fraction of sp³-hybridized carbons (Fsp3) is 0.143. The zero-order valence-corrected chi connectivity index (χ0v) is 4.99. The number of hydrogen-bond acceptors (Lipinski definition) is 2. The highest BCUT2D eigenvalue weighted by molar-refractivity contribution is 5.05. The lowest BCUT2D eigenvalue weighted by Crippen LogP contribution is -1.83. The van der Waals surface area contributed by atoms with Crippen molar-refractivity contribution in [1.29, 1.82) is 0 Å². The van der Waals surface area contributed by atoms with Crippen LogP contribution in [0.2, 0.25) is 0 Å². The highest BCUT2D eigenvalue weighted by Crippen LogP contribution is 1.92. The minimum Gasteiger partial charge on any atom is -0.245 e. The van der Waals surface area contributed by atoms with Crippen molar-refractivity contribution in [3.63, 3.8) is 0 Å². The van der Waals surface area contributed by atoms with E-state index in [1.54, 1.807) is 18.5 Å². The molecule has 0 bridgehead atoms. The minimum atomic E-state index is 0.737. The summed E-state index contributed by atoms with van der Waals surface area (Å²) in [5.74, 6) is 0. The van der Waals surface area contributed by atoms with E-state index in [2.05, 4.69) is 9.97 Å². The van der Waals surface area contributed by atoms with Crippen LogP contribution in [0.3, 0.4) is 0 Å². The smallest absolute Gasteiger partial charge is 0.115 e. The third-order valence-electron chi connectivity index (χ3n) is 0.968. The van der Waals surface area contributed by atoms with E-state index in [9.17, 15) is 0 Å². The first-order valence-corrected chi connectivity index (χ1v) is 2.71. The van der Waals surface area contributed by atoms with Crippen LogP contribution in [0.1, 0.15) is 5.56 Å². The molecule has 1 aromatic heterocycles. The van der Waals surface area contributed by atoms with Gasteiger partial charge in [0.2, 0.25) is 0 Å². The Bertz CT molecular complexity index is 181. The fourth-order valence-electron chi connectivity index (χ4n) is 0.571. The van der Waals surface area contributed by atoms with Gasteiger partial charge in [0.05, 0.1) is 0 Å². The van der Waals surface area contributed by atoms with Crippen LogP contribution in [0.5, 0.6) is 0 Å². The van der Waals surface area contributed by atoms with Crippen LogP contribution in [0.4, 0.5) is 0 Å². The Kier molecular flexibility index (Phi) is 1.96. The van der Waals surface area contributed by atoms with Crippen molar-refractivity contribution in [2.75, 3.05) is 0 Å².